The van der Waals surface area contributed by atoms with Crippen LogP contribution in [0, 0.1) is 13.8 Å². The maximum absolute atomic E-state index is 12.3. The van der Waals surface area contributed by atoms with E-state index >= 15 is 0 Å². The van der Waals surface area contributed by atoms with Gasteiger partial charge in [0, 0.05) is 11.7 Å². The Labute approximate surface area is 144 Å². The van der Waals surface area contributed by atoms with Crippen molar-refractivity contribution in [3.63, 3.8) is 0 Å². The number of nitrogens with one attached hydrogen (secondary N) is 2. The Morgan fingerprint density at radius 3 is 2.58 bits per heavy atom. The fourth-order valence-corrected chi connectivity index (χ4v) is 3.02. The van der Waals surface area contributed by atoms with Crippen molar-refractivity contribution in [1.82, 2.24) is 10.2 Å². The van der Waals surface area contributed by atoms with Gasteiger partial charge in [0.25, 0.3) is 0 Å². The van der Waals surface area contributed by atoms with Crippen LogP contribution in [0.4, 0.5) is 5.69 Å². The highest BCUT2D eigenvalue weighted by Gasteiger charge is 2.24. The van der Waals surface area contributed by atoms with Crippen LogP contribution in [0.15, 0.2) is 18.2 Å². The second-order valence-corrected chi connectivity index (χ2v) is 6.95. The Bertz CT molecular complexity index is 594. The van der Waals surface area contributed by atoms with Crippen LogP contribution in [0.3, 0.4) is 0 Å². The highest BCUT2D eigenvalue weighted by Crippen LogP contribution is 2.18. The molecule has 0 bridgehead atoms. The van der Waals surface area contributed by atoms with Crippen molar-refractivity contribution in [3.05, 3.63) is 29.3 Å². The number of aryl methyl sites for hydroxylation is 2. The first-order chi connectivity index (χ1) is 11.4. The summed E-state index contributed by atoms with van der Waals surface area (Å²) >= 11 is 0. The molecule has 1 atom stereocenters. The molecule has 0 heterocycles. The molecule has 0 aliphatic heterocycles. The molecule has 0 saturated heterocycles. The van der Waals surface area contributed by atoms with E-state index in [0.717, 1.165) is 29.7 Å². The zero-order valence-corrected chi connectivity index (χ0v) is 15.2. The van der Waals surface area contributed by atoms with Gasteiger partial charge < -0.3 is 10.6 Å². The number of hydrogen-bond acceptors (Lipinski definition) is 3. The van der Waals surface area contributed by atoms with E-state index in [-0.39, 0.29) is 24.4 Å². The lowest BCUT2D eigenvalue weighted by Gasteiger charge is -2.25. The van der Waals surface area contributed by atoms with Gasteiger partial charge in [0.15, 0.2) is 0 Å². The first kappa shape index (κ1) is 18.5. The number of hydrogen-bond donors (Lipinski definition) is 2. The fraction of sp³-hybridized carbons (Fsp3) is 0.579. The van der Waals surface area contributed by atoms with Crippen LogP contribution >= 0.6 is 0 Å². The minimum absolute atomic E-state index is 0.00364. The molecule has 2 rings (SSSR count). The largest absolute Gasteiger partial charge is 0.352 e. The molecular formula is C19H29N3O2. The number of amides is 2. The maximum atomic E-state index is 12.3. The van der Waals surface area contributed by atoms with Crippen molar-refractivity contribution in [2.45, 2.75) is 58.5 Å². The average Bonchev–Trinajstić information content (AvgIpc) is 3.02. The van der Waals surface area contributed by atoms with E-state index in [1.807, 2.05) is 46.0 Å². The molecule has 1 aromatic rings. The SMILES string of the molecule is Cc1ccc(C)c(NC(=O)CN(C)[C@@H](C)C(=O)NC2CCCC2)c1. The van der Waals surface area contributed by atoms with E-state index in [9.17, 15) is 9.59 Å². The molecule has 1 aromatic carbocycles. The second kappa shape index (κ2) is 8.29. The smallest absolute Gasteiger partial charge is 0.238 e. The average molecular weight is 331 g/mol. The fourth-order valence-electron chi connectivity index (χ4n) is 3.02. The quantitative estimate of drug-likeness (QED) is 0.842. The molecule has 2 N–H and O–H groups in total. The Kier molecular flexibility index (Phi) is 6.37. The van der Waals surface area contributed by atoms with Crippen molar-refractivity contribution < 1.29 is 9.59 Å². The lowest BCUT2D eigenvalue weighted by atomic mass is 10.1. The van der Waals surface area contributed by atoms with Gasteiger partial charge >= 0.3 is 0 Å². The van der Waals surface area contributed by atoms with Gasteiger partial charge in [-0.3, -0.25) is 14.5 Å². The van der Waals surface area contributed by atoms with Gasteiger partial charge in [0.05, 0.1) is 12.6 Å². The second-order valence-electron chi connectivity index (χ2n) is 6.95. The van der Waals surface area contributed by atoms with Gasteiger partial charge in [-0.05, 0) is 57.9 Å². The molecular weight excluding hydrogens is 302 g/mol. The molecule has 5 heteroatoms. The van der Waals surface area contributed by atoms with Crippen LogP contribution in [0.5, 0.6) is 0 Å². The van der Waals surface area contributed by atoms with E-state index in [4.69, 9.17) is 0 Å². The Hall–Kier alpha value is -1.88. The topological polar surface area (TPSA) is 61.4 Å². The lowest BCUT2D eigenvalue weighted by molar-refractivity contribution is -0.127. The molecule has 0 unspecified atom stereocenters. The number of likely N-dealkylation sites (N-methyl/N-ethyl adjacent to an activating group) is 1. The summed E-state index contributed by atoms with van der Waals surface area (Å²) in [7, 11) is 1.81. The molecule has 0 spiro atoms. The summed E-state index contributed by atoms with van der Waals surface area (Å²) in [5.74, 6) is -0.101. The number of nitrogens with zero attached hydrogens (tertiary/aromatic N) is 1. The van der Waals surface area contributed by atoms with Crippen molar-refractivity contribution in [2.75, 3.05) is 18.9 Å². The Morgan fingerprint density at radius 1 is 1.25 bits per heavy atom. The first-order valence-electron chi connectivity index (χ1n) is 8.74. The highest BCUT2D eigenvalue weighted by molar-refractivity contribution is 5.93. The molecule has 24 heavy (non-hydrogen) atoms. The Balaban J connectivity index is 1.85. The van der Waals surface area contributed by atoms with Crippen LogP contribution in [0.1, 0.15) is 43.7 Å². The maximum Gasteiger partial charge on any atom is 0.238 e. The monoisotopic (exact) mass is 331 g/mol. The van der Waals surface area contributed by atoms with Gasteiger partial charge in [-0.1, -0.05) is 25.0 Å². The molecule has 1 saturated carbocycles. The van der Waals surface area contributed by atoms with Crippen LogP contribution in [-0.4, -0.2) is 42.4 Å². The zero-order valence-electron chi connectivity index (χ0n) is 15.2. The summed E-state index contributed by atoms with van der Waals surface area (Å²) in [4.78, 5) is 26.4. The molecule has 5 nitrogen and oxygen atoms in total. The molecule has 0 radical (unpaired) electrons. The normalized spacial score (nSPS) is 16.2. The van der Waals surface area contributed by atoms with Crippen molar-refractivity contribution in [3.8, 4) is 0 Å². The standard InChI is InChI=1S/C19H29N3O2/c1-13-9-10-14(2)17(11-13)21-18(23)12-22(4)15(3)19(24)20-16-7-5-6-8-16/h9-11,15-16H,5-8,12H2,1-4H3,(H,20,24)(H,21,23)/t15-/m0/s1. The Morgan fingerprint density at radius 2 is 1.92 bits per heavy atom. The molecule has 132 valence electrons. The van der Waals surface area contributed by atoms with Gasteiger partial charge in [-0.15, -0.1) is 0 Å². The molecule has 0 aromatic heterocycles. The molecule has 2 amide bonds. The van der Waals surface area contributed by atoms with Crippen molar-refractivity contribution in [1.29, 1.82) is 0 Å². The van der Waals surface area contributed by atoms with Crippen LogP contribution in [0.2, 0.25) is 0 Å². The number of carbonyl (C=O) groups is 2. The van der Waals surface area contributed by atoms with E-state index in [2.05, 4.69) is 10.6 Å². The summed E-state index contributed by atoms with van der Waals surface area (Å²) in [6, 6.07) is 5.95. The highest BCUT2D eigenvalue weighted by atomic mass is 16.2. The summed E-state index contributed by atoms with van der Waals surface area (Å²) in [6.07, 6.45) is 4.51. The first-order valence-corrected chi connectivity index (χ1v) is 8.74. The van der Waals surface area contributed by atoms with Crippen molar-refractivity contribution >= 4 is 17.5 Å². The number of anilines is 1. The van der Waals surface area contributed by atoms with Crippen LogP contribution in [-0.2, 0) is 9.59 Å². The van der Waals surface area contributed by atoms with Gasteiger partial charge in [0.2, 0.25) is 11.8 Å². The molecule has 1 aliphatic carbocycles. The number of carbonyl (C=O) groups excluding carboxylic acids is 2. The van der Waals surface area contributed by atoms with Gasteiger partial charge in [-0.2, -0.15) is 0 Å². The van der Waals surface area contributed by atoms with Crippen molar-refractivity contribution in [2.24, 2.45) is 0 Å². The summed E-state index contributed by atoms with van der Waals surface area (Å²) in [6.45, 7) is 6.00. The molecule has 1 fully saturated rings. The minimum Gasteiger partial charge on any atom is -0.352 e. The summed E-state index contributed by atoms with van der Waals surface area (Å²) in [5.41, 5.74) is 2.97. The summed E-state index contributed by atoms with van der Waals surface area (Å²) < 4.78 is 0. The lowest BCUT2D eigenvalue weighted by Crippen LogP contribution is -2.48. The van der Waals surface area contributed by atoms with E-state index in [0.29, 0.717) is 6.04 Å². The van der Waals surface area contributed by atoms with Gasteiger partial charge in [-0.25, -0.2) is 0 Å². The predicted molar refractivity (Wildman–Crippen MR) is 97.0 cm³/mol. The number of rotatable bonds is 6. The predicted octanol–water partition coefficient (Wildman–Crippen LogP) is 2.62. The third-order valence-electron chi connectivity index (χ3n) is 4.80. The van der Waals surface area contributed by atoms with Crippen LogP contribution in [0.25, 0.3) is 0 Å². The van der Waals surface area contributed by atoms with Gasteiger partial charge in [0.1, 0.15) is 0 Å². The summed E-state index contributed by atoms with van der Waals surface area (Å²) in [5, 5.41) is 6.02. The molecule has 1 aliphatic rings. The third-order valence-corrected chi connectivity index (χ3v) is 4.80. The third kappa shape index (κ3) is 5.06. The zero-order chi connectivity index (χ0) is 17.7. The van der Waals surface area contributed by atoms with Crippen LogP contribution < -0.4 is 10.6 Å². The van der Waals surface area contributed by atoms with E-state index in [1.54, 1.807) is 4.90 Å². The minimum atomic E-state index is -0.324. The van der Waals surface area contributed by atoms with E-state index in [1.165, 1.54) is 12.8 Å². The number of benzene rings is 1. The van der Waals surface area contributed by atoms with E-state index < -0.39 is 0 Å².